The summed E-state index contributed by atoms with van der Waals surface area (Å²) in [5.41, 5.74) is 1.35. The van der Waals surface area contributed by atoms with E-state index in [1.165, 1.54) is 18.5 Å². The second kappa shape index (κ2) is 3.79. The summed E-state index contributed by atoms with van der Waals surface area (Å²) in [6.45, 7) is 0.982. The van der Waals surface area contributed by atoms with Gasteiger partial charge in [-0.1, -0.05) is 12.2 Å². The van der Waals surface area contributed by atoms with Crippen LogP contribution in [0.3, 0.4) is 0 Å². The molecule has 1 heterocycles. The van der Waals surface area contributed by atoms with E-state index in [0.29, 0.717) is 6.04 Å². The number of rotatable bonds is 3. The molecule has 0 fully saturated rings. The second-order valence-electron chi connectivity index (χ2n) is 3.63. The lowest BCUT2D eigenvalue weighted by atomic mass is 10.2. The van der Waals surface area contributed by atoms with Gasteiger partial charge in [-0.3, -0.25) is 0 Å². The van der Waals surface area contributed by atoms with Crippen LogP contribution in [0, 0.1) is 0 Å². The molecule has 0 radical (unpaired) electrons. The number of hydrogen-bond acceptors (Lipinski definition) is 1. The topological polar surface area (TPSA) is 17.0 Å². The van der Waals surface area contributed by atoms with E-state index in [2.05, 4.69) is 47.4 Å². The van der Waals surface area contributed by atoms with Crippen molar-refractivity contribution in [2.45, 2.75) is 25.4 Å². The van der Waals surface area contributed by atoms with Crippen LogP contribution in [-0.4, -0.2) is 10.6 Å². The van der Waals surface area contributed by atoms with E-state index in [0.717, 1.165) is 6.54 Å². The Morgan fingerprint density at radius 3 is 2.85 bits per heavy atom. The first kappa shape index (κ1) is 8.57. The molecule has 13 heavy (non-hydrogen) atoms. The fourth-order valence-corrected chi connectivity index (χ4v) is 1.71. The van der Waals surface area contributed by atoms with Crippen molar-refractivity contribution in [2.24, 2.45) is 7.05 Å². The summed E-state index contributed by atoms with van der Waals surface area (Å²) in [7, 11) is 2.09. The first-order valence-electron chi connectivity index (χ1n) is 4.85. The van der Waals surface area contributed by atoms with Crippen LogP contribution < -0.4 is 5.32 Å². The molecule has 2 nitrogen and oxygen atoms in total. The number of aromatic nitrogens is 1. The Morgan fingerprint density at radius 1 is 1.46 bits per heavy atom. The Kier molecular flexibility index (Phi) is 2.50. The third kappa shape index (κ3) is 2.01. The van der Waals surface area contributed by atoms with Crippen molar-refractivity contribution >= 4 is 0 Å². The molecular formula is C11H16N2. The van der Waals surface area contributed by atoms with Crippen molar-refractivity contribution in [3.63, 3.8) is 0 Å². The monoisotopic (exact) mass is 176 g/mol. The van der Waals surface area contributed by atoms with E-state index in [9.17, 15) is 0 Å². The molecule has 2 heteroatoms. The van der Waals surface area contributed by atoms with Crippen molar-refractivity contribution in [3.05, 3.63) is 36.2 Å². The molecule has 1 aromatic heterocycles. The van der Waals surface area contributed by atoms with E-state index < -0.39 is 0 Å². The molecule has 2 rings (SSSR count). The van der Waals surface area contributed by atoms with Gasteiger partial charge in [-0.2, -0.15) is 0 Å². The molecule has 0 spiro atoms. The lowest BCUT2D eigenvalue weighted by Crippen LogP contribution is -2.26. The average molecular weight is 176 g/mol. The molecule has 0 aromatic carbocycles. The second-order valence-corrected chi connectivity index (χ2v) is 3.63. The minimum atomic E-state index is 0.662. The largest absolute Gasteiger partial charge is 0.353 e. The highest BCUT2D eigenvalue weighted by atomic mass is 15.0. The van der Waals surface area contributed by atoms with Gasteiger partial charge >= 0.3 is 0 Å². The van der Waals surface area contributed by atoms with E-state index in [4.69, 9.17) is 0 Å². The molecule has 70 valence electrons. The molecule has 0 atom stereocenters. The highest BCUT2D eigenvalue weighted by Crippen LogP contribution is 2.10. The normalized spacial score (nSPS) is 17.0. The zero-order valence-electron chi connectivity index (χ0n) is 8.03. The van der Waals surface area contributed by atoms with Gasteiger partial charge in [0.05, 0.1) is 0 Å². The molecule has 0 unspecified atom stereocenters. The Balaban J connectivity index is 1.82. The Labute approximate surface area is 79.3 Å². The molecule has 1 aromatic rings. The predicted molar refractivity (Wildman–Crippen MR) is 54.4 cm³/mol. The molecule has 0 aliphatic heterocycles. The standard InChI is InChI=1S/C11H16N2/c1-13-8-4-7-11(13)9-12-10-5-2-3-6-10/h2-4,7-8,10,12H,5-6,9H2,1H3. The first-order chi connectivity index (χ1) is 6.36. The van der Waals surface area contributed by atoms with Crippen LogP contribution in [-0.2, 0) is 13.6 Å². The first-order valence-corrected chi connectivity index (χ1v) is 4.85. The summed E-state index contributed by atoms with van der Waals surface area (Å²) in [6.07, 6.45) is 8.96. The van der Waals surface area contributed by atoms with Crippen molar-refractivity contribution in [3.8, 4) is 0 Å². The maximum Gasteiger partial charge on any atom is 0.0361 e. The molecular weight excluding hydrogens is 160 g/mol. The molecule has 0 saturated carbocycles. The maximum atomic E-state index is 3.54. The van der Waals surface area contributed by atoms with E-state index in [1.54, 1.807) is 0 Å². The van der Waals surface area contributed by atoms with Crippen molar-refractivity contribution in [1.82, 2.24) is 9.88 Å². The van der Waals surface area contributed by atoms with Crippen LogP contribution in [0.15, 0.2) is 30.5 Å². The van der Waals surface area contributed by atoms with Crippen molar-refractivity contribution in [2.75, 3.05) is 0 Å². The van der Waals surface area contributed by atoms with Crippen LogP contribution in [0.25, 0.3) is 0 Å². The SMILES string of the molecule is Cn1cccc1CNC1CC=CC1. The molecule has 0 amide bonds. The van der Waals surface area contributed by atoms with Gasteiger partial charge in [0.15, 0.2) is 0 Å². The third-order valence-electron chi connectivity index (χ3n) is 2.63. The highest BCUT2D eigenvalue weighted by molar-refractivity contribution is 5.07. The fraction of sp³-hybridized carbons (Fsp3) is 0.455. The Hall–Kier alpha value is -1.02. The molecule has 1 aliphatic carbocycles. The van der Waals surface area contributed by atoms with Gasteiger partial charge < -0.3 is 9.88 Å². The zero-order valence-corrected chi connectivity index (χ0v) is 8.03. The minimum Gasteiger partial charge on any atom is -0.353 e. The summed E-state index contributed by atoms with van der Waals surface area (Å²) >= 11 is 0. The van der Waals surface area contributed by atoms with E-state index in [1.807, 2.05) is 0 Å². The maximum absolute atomic E-state index is 3.54. The summed E-state index contributed by atoms with van der Waals surface area (Å²) in [6, 6.07) is 4.91. The van der Waals surface area contributed by atoms with Crippen LogP contribution in [0.1, 0.15) is 18.5 Å². The smallest absolute Gasteiger partial charge is 0.0361 e. The zero-order chi connectivity index (χ0) is 9.10. The number of aryl methyl sites for hydroxylation is 1. The van der Waals surface area contributed by atoms with Gasteiger partial charge in [-0.15, -0.1) is 0 Å². The van der Waals surface area contributed by atoms with Crippen molar-refractivity contribution < 1.29 is 0 Å². The lowest BCUT2D eigenvalue weighted by molar-refractivity contribution is 0.526. The molecule has 0 saturated heterocycles. The van der Waals surface area contributed by atoms with Crippen LogP contribution in [0.5, 0.6) is 0 Å². The van der Waals surface area contributed by atoms with Gasteiger partial charge in [-0.05, 0) is 25.0 Å². The van der Waals surface area contributed by atoms with E-state index >= 15 is 0 Å². The van der Waals surface area contributed by atoms with Gasteiger partial charge in [-0.25, -0.2) is 0 Å². The Morgan fingerprint density at radius 2 is 2.23 bits per heavy atom. The fourth-order valence-electron chi connectivity index (χ4n) is 1.71. The minimum absolute atomic E-state index is 0.662. The Bertz CT molecular complexity index is 291. The number of nitrogens with one attached hydrogen (secondary N) is 1. The molecule has 1 aliphatic rings. The van der Waals surface area contributed by atoms with Gasteiger partial charge in [0.25, 0.3) is 0 Å². The summed E-state index contributed by atoms with van der Waals surface area (Å²) in [5.74, 6) is 0. The van der Waals surface area contributed by atoms with E-state index in [-0.39, 0.29) is 0 Å². The summed E-state index contributed by atoms with van der Waals surface area (Å²) < 4.78 is 2.16. The predicted octanol–water partition coefficient (Wildman–Crippen LogP) is 1.83. The van der Waals surface area contributed by atoms with Gasteiger partial charge in [0, 0.05) is 31.5 Å². The van der Waals surface area contributed by atoms with Crippen LogP contribution in [0.2, 0.25) is 0 Å². The molecule has 1 N–H and O–H groups in total. The van der Waals surface area contributed by atoms with Gasteiger partial charge in [0.1, 0.15) is 0 Å². The van der Waals surface area contributed by atoms with Crippen LogP contribution in [0.4, 0.5) is 0 Å². The lowest BCUT2D eigenvalue weighted by Gasteiger charge is -2.12. The molecule has 0 bridgehead atoms. The number of nitrogens with zero attached hydrogens (tertiary/aromatic N) is 1. The summed E-state index contributed by atoms with van der Waals surface area (Å²) in [4.78, 5) is 0. The average Bonchev–Trinajstić information content (AvgIpc) is 2.72. The quantitative estimate of drug-likeness (QED) is 0.695. The third-order valence-corrected chi connectivity index (χ3v) is 2.63. The van der Waals surface area contributed by atoms with Crippen LogP contribution >= 0.6 is 0 Å². The highest BCUT2D eigenvalue weighted by Gasteiger charge is 2.09. The van der Waals surface area contributed by atoms with Gasteiger partial charge in [0.2, 0.25) is 0 Å². The number of hydrogen-bond donors (Lipinski definition) is 1. The van der Waals surface area contributed by atoms with Crippen molar-refractivity contribution in [1.29, 1.82) is 0 Å². The summed E-state index contributed by atoms with van der Waals surface area (Å²) in [5, 5.41) is 3.54.